The van der Waals surface area contributed by atoms with Gasteiger partial charge < -0.3 is 10.4 Å². The molecule has 1 aromatic rings. The summed E-state index contributed by atoms with van der Waals surface area (Å²) in [4.78, 5) is 22.9. The summed E-state index contributed by atoms with van der Waals surface area (Å²) in [5.41, 5.74) is 0.420. The number of nitrogens with zero attached hydrogens (tertiary/aromatic N) is 2. The summed E-state index contributed by atoms with van der Waals surface area (Å²) in [5.74, 6) is -1.47. The van der Waals surface area contributed by atoms with Crippen molar-refractivity contribution in [3.05, 3.63) is 5.51 Å². The van der Waals surface area contributed by atoms with Gasteiger partial charge in [-0.1, -0.05) is 25.2 Å². The van der Waals surface area contributed by atoms with Gasteiger partial charge in [-0.2, -0.15) is 0 Å². The monoisotopic (exact) mass is 257 g/mol. The average Bonchev–Trinajstić information content (AvgIpc) is 2.69. The number of hydrogen-bond donors (Lipinski definition) is 2. The lowest BCUT2D eigenvalue weighted by Gasteiger charge is -2.27. The molecule has 0 saturated heterocycles. The van der Waals surface area contributed by atoms with Crippen LogP contribution in [0.4, 0.5) is 5.13 Å². The topological polar surface area (TPSA) is 92.2 Å². The van der Waals surface area contributed by atoms with Crippen LogP contribution < -0.4 is 5.32 Å². The van der Waals surface area contributed by atoms with E-state index < -0.39 is 11.4 Å². The lowest BCUT2D eigenvalue weighted by molar-refractivity contribution is -0.153. The fourth-order valence-electron chi connectivity index (χ4n) is 1.25. The van der Waals surface area contributed by atoms with Crippen LogP contribution in [0.3, 0.4) is 0 Å². The van der Waals surface area contributed by atoms with E-state index in [1.54, 1.807) is 20.8 Å². The Bertz CT molecular complexity index is 405. The van der Waals surface area contributed by atoms with Gasteiger partial charge in [0.25, 0.3) is 0 Å². The molecule has 17 heavy (non-hydrogen) atoms. The van der Waals surface area contributed by atoms with Crippen molar-refractivity contribution in [3.8, 4) is 0 Å². The molecule has 2 N–H and O–H groups in total. The van der Waals surface area contributed by atoms with E-state index in [-0.39, 0.29) is 18.2 Å². The molecule has 7 heteroatoms. The van der Waals surface area contributed by atoms with Crippen LogP contribution in [0.15, 0.2) is 5.51 Å². The third-order valence-electron chi connectivity index (χ3n) is 2.90. The second-order valence-electron chi connectivity index (χ2n) is 4.35. The Morgan fingerprint density at radius 2 is 2.24 bits per heavy atom. The molecule has 1 atom stereocenters. The molecule has 0 saturated carbocycles. The van der Waals surface area contributed by atoms with Crippen LogP contribution in [0.1, 0.15) is 27.2 Å². The van der Waals surface area contributed by atoms with Crippen LogP contribution in [0.2, 0.25) is 0 Å². The molecule has 1 amide bonds. The summed E-state index contributed by atoms with van der Waals surface area (Å²) in [6.07, 6.45) is -0.0837. The minimum atomic E-state index is -1.07. The Kier molecular flexibility index (Phi) is 4.17. The van der Waals surface area contributed by atoms with Crippen molar-refractivity contribution in [2.24, 2.45) is 11.3 Å². The van der Waals surface area contributed by atoms with E-state index in [1.807, 2.05) is 0 Å². The molecule has 1 aromatic heterocycles. The van der Waals surface area contributed by atoms with Crippen LogP contribution in [0, 0.1) is 11.3 Å². The van der Waals surface area contributed by atoms with E-state index in [1.165, 1.54) is 16.8 Å². The zero-order valence-corrected chi connectivity index (χ0v) is 10.7. The van der Waals surface area contributed by atoms with E-state index in [0.717, 1.165) is 0 Å². The molecule has 0 aliphatic rings. The molecule has 6 nitrogen and oxygen atoms in total. The first-order valence-electron chi connectivity index (χ1n) is 5.15. The van der Waals surface area contributed by atoms with Gasteiger partial charge in [-0.25, -0.2) is 0 Å². The number of anilines is 1. The number of hydrogen-bond acceptors (Lipinski definition) is 5. The third kappa shape index (κ3) is 3.23. The number of carboxylic acids is 1. The molecule has 94 valence electrons. The molecule has 1 rings (SSSR count). The number of nitrogens with one attached hydrogen (secondary N) is 1. The van der Waals surface area contributed by atoms with E-state index in [0.29, 0.717) is 5.13 Å². The van der Waals surface area contributed by atoms with Gasteiger partial charge in [0, 0.05) is 6.42 Å². The Morgan fingerprint density at radius 1 is 1.59 bits per heavy atom. The average molecular weight is 257 g/mol. The number of carbonyl (C=O) groups is 2. The summed E-state index contributed by atoms with van der Waals surface area (Å²) >= 11 is 1.19. The highest BCUT2D eigenvalue weighted by Crippen LogP contribution is 2.31. The summed E-state index contributed by atoms with van der Waals surface area (Å²) in [6.45, 7) is 5.14. The molecular formula is C10H15N3O3S. The van der Waals surface area contributed by atoms with Crippen molar-refractivity contribution < 1.29 is 14.7 Å². The highest BCUT2D eigenvalue weighted by Gasteiger charge is 2.38. The van der Waals surface area contributed by atoms with Gasteiger partial charge in [0.15, 0.2) is 0 Å². The number of amides is 1. The molecule has 0 aliphatic heterocycles. The van der Waals surface area contributed by atoms with Crippen LogP contribution in [0.25, 0.3) is 0 Å². The minimum Gasteiger partial charge on any atom is -0.481 e. The molecule has 0 radical (unpaired) electrons. The van der Waals surface area contributed by atoms with Crippen LogP contribution in [-0.2, 0) is 9.59 Å². The van der Waals surface area contributed by atoms with Crippen molar-refractivity contribution in [3.63, 3.8) is 0 Å². The Balaban J connectivity index is 2.69. The summed E-state index contributed by atoms with van der Waals surface area (Å²) in [7, 11) is 0. The maximum absolute atomic E-state index is 11.7. The minimum absolute atomic E-state index is 0.0837. The summed E-state index contributed by atoms with van der Waals surface area (Å²) in [5, 5.41) is 19.3. The smallest absolute Gasteiger partial charge is 0.310 e. The molecule has 0 bridgehead atoms. The van der Waals surface area contributed by atoms with Gasteiger partial charge in [0.05, 0.1) is 5.41 Å². The molecule has 0 aromatic carbocycles. The van der Waals surface area contributed by atoms with Crippen molar-refractivity contribution >= 4 is 28.3 Å². The van der Waals surface area contributed by atoms with Crippen molar-refractivity contribution in [2.45, 2.75) is 27.2 Å². The Morgan fingerprint density at radius 3 is 2.65 bits per heavy atom. The third-order valence-corrected chi connectivity index (χ3v) is 3.50. The zero-order valence-electron chi connectivity index (χ0n) is 9.93. The SMILES string of the molecule is CC(C)C(C)(CC(=O)Nc1nncs1)C(=O)O. The predicted octanol–water partition coefficient (Wildman–Crippen LogP) is 1.61. The van der Waals surface area contributed by atoms with Gasteiger partial charge in [-0.15, -0.1) is 10.2 Å². The molecule has 1 heterocycles. The van der Waals surface area contributed by atoms with Gasteiger partial charge in [-0.05, 0) is 12.8 Å². The number of carboxylic acid groups (broad SMARTS) is 1. The van der Waals surface area contributed by atoms with Gasteiger partial charge in [0.2, 0.25) is 11.0 Å². The highest BCUT2D eigenvalue weighted by atomic mass is 32.1. The Labute approximate surface area is 103 Å². The van der Waals surface area contributed by atoms with E-state index in [9.17, 15) is 14.7 Å². The summed E-state index contributed by atoms with van der Waals surface area (Å²) < 4.78 is 0. The molecule has 0 spiro atoms. The van der Waals surface area contributed by atoms with Gasteiger partial charge in [-0.3, -0.25) is 9.59 Å². The standard InChI is InChI=1S/C10H15N3O3S/c1-6(2)10(3,8(15)16)4-7(14)12-9-13-11-5-17-9/h5-6H,4H2,1-3H3,(H,15,16)(H,12,13,14). The van der Waals surface area contributed by atoms with Gasteiger partial charge in [0.1, 0.15) is 5.51 Å². The van der Waals surface area contributed by atoms with Crippen molar-refractivity contribution in [1.29, 1.82) is 0 Å². The number of aromatic nitrogens is 2. The zero-order chi connectivity index (χ0) is 13.1. The predicted molar refractivity (Wildman–Crippen MR) is 63.7 cm³/mol. The van der Waals surface area contributed by atoms with E-state index in [2.05, 4.69) is 15.5 Å². The Hall–Kier alpha value is -1.50. The first-order valence-corrected chi connectivity index (χ1v) is 6.03. The maximum atomic E-state index is 11.7. The highest BCUT2D eigenvalue weighted by molar-refractivity contribution is 7.13. The largest absolute Gasteiger partial charge is 0.481 e. The number of aliphatic carboxylic acids is 1. The van der Waals surface area contributed by atoms with E-state index >= 15 is 0 Å². The number of carbonyl (C=O) groups excluding carboxylic acids is 1. The quantitative estimate of drug-likeness (QED) is 0.836. The lowest BCUT2D eigenvalue weighted by Crippen LogP contribution is -2.37. The lowest BCUT2D eigenvalue weighted by atomic mass is 9.76. The second kappa shape index (κ2) is 5.22. The van der Waals surface area contributed by atoms with E-state index in [4.69, 9.17) is 0 Å². The van der Waals surface area contributed by atoms with Crippen LogP contribution in [-0.4, -0.2) is 27.2 Å². The van der Waals surface area contributed by atoms with Crippen molar-refractivity contribution in [2.75, 3.05) is 5.32 Å². The second-order valence-corrected chi connectivity index (χ2v) is 5.18. The first-order chi connectivity index (χ1) is 7.86. The van der Waals surface area contributed by atoms with Crippen LogP contribution >= 0.6 is 11.3 Å². The maximum Gasteiger partial charge on any atom is 0.310 e. The normalized spacial score (nSPS) is 14.4. The molecule has 0 fully saturated rings. The molecule has 1 unspecified atom stereocenters. The molecular weight excluding hydrogens is 242 g/mol. The fraction of sp³-hybridized carbons (Fsp3) is 0.600. The van der Waals surface area contributed by atoms with Crippen molar-refractivity contribution in [1.82, 2.24) is 10.2 Å². The van der Waals surface area contributed by atoms with Crippen LogP contribution in [0.5, 0.6) is 0 Å². The first kappa shape index (κ1) is 13.6. The van der Waals surface area contributed by atoms with Gasteiger partial charge >= 0.3 is 5.97 Å². The fourth-order valence-corrected chi connectivity index (χ4v) is 1.71. The molecule has 0 aliphatic carbocycles. The number of rotatable bonds is 5. The summed E-state index contributed by atoms with van der Waals surface area (Å²) in [6, 6.07) is 0.